The van der Waals surface area contributed by atoms with E-state index in [-0.39, 0.29) is 0 Å². The number of nitrogens with one attached hydrogen (secondary N) is 1. The summed E-state index contributed by atoms with van der Waals surface area (Å²) in [5, 5.41) is 5.06. The third kappa shape index (κ3) is 2.47. The third-order valence-electron chi connectivity index (χ3n) is 6.51. The minimum atomic E-state index is 1.18. The first kappa shape index (κ1) is 17.4. The zero-order chi connectivity index (χ0) is 21.1. The van der Waals surface area contributed by atoms with Gasteiger partial charge < -0.3 is 9.55 Å². The molecule has 0 saturated carbocycles. The first-order chi connectivity index (χ1) is 15.9. The fourth-order valence-electron chi connectivity index (χ4n) is 5.05. The molecule has 0 amide bonds. The minimum Gasteiger partial charge on any atom is -0.354 e. The van der Waals surface area contributed by atoms with Gasteiger partial charge in [0.1, 0.15) is 0 Å². The molecule has 2 heteroatoms. The molecule has 150 valence electrons. The van der Waals surface area contributed by atoms with Crippen LogP contribution in [0.25, 0.3) is 60.4 Å². The lowest BCUT2D eigenvalue weighted by Gasteiger charge is -2.10. The van der Waals surface area contributed by atoms with Gasteiger partial charge in [0.05, 0.1) is 11.0 Å². The molecule has 0 aliphatic carbocycles. The lowest BCUT2D eigenvalue weighted by atomic mass is 10.1. The van der Waals surface area contributed by atoms with Crippen LogP contribution in [0.5, 0.6) is 0 Å². The third-order valence-corrected chi connectivity index (χ3v) is 6.51. The average molecular weight is 409 g/mol. The van der Waals surface area contributed by atoms with E-state index < -0.39 is 0 Å². The number of H-pyrrole nitrogens is 1. The van der Waals surface area contributed by atoms with E-state index in [1.807, 2.05) is 0 Å². The number of aromatic amines is 1. The van der Waals surface area contributed by atoms with Gasteiger partial charge in [0, 0.05) is 38.3 Å². The van der Waals surface area contributed by atoms with E-state index in [0.717, 1.165) is 0 Å². The number of benzene rings is 5. The molecule has 0 aliphatic heterocycles. The van der Waals surface area contributed by atoms with Crippen LogP contribution >= 0.6 is 0 Å². The molecule has 0 atom stereocenters. The van der Waals surface area contributed by atoms with Crippen LogP contribution < -0.4 is 0 Å². The zero-order valence-electron chi connectivity index (χ0n) is 17.4. The van der Waals surface area contributed by atoms with E-state index in [4.69, 9.17) is 0 Å². The van der Waals surface area contributed by atoms with Crippen molar-refractivity contribution in [1.29, 1.82) is 0 Å². The van der Waals surface area contributed by atoms with Crippen molar-refractivity contribution in [3.05, 3.63) is 115 Å². The molecule has 0 radical (unpaired) electrons. The van der Waals surface area contributed by atoms with Gasteiger partial charge in [-0.25, -0.2) is 0 Å². The van der Waals surface area contributed by atoms with Gasteiger partial charge >= 0.3 is 0 Å². The van der Waals surface area contributed by atoms with Crippen LogP contribution in [0.4, 0.5) is 0 Å². The van der Waals surface area contributed by atoms with Crippen LogP contribution in [0.1, 0.15) is 0 Å². The normalized spacial score (nSPS) is 11.8. The molecule has 1 N–H and O–H groups in total. The molecule has 7 aromatic rings. The van der Waals surface area contributed by atoms with Crippen molar-refractivity contribution in [3.63, 3.8) is 0 Å². The lowest BCUT2D eigenvalue weighted by Crippen LogP contribution is -1.94. The molecule has 0 saturated heterocycles. The highest BCUT2D eigenvalue weighted by Crippen LogP contribution is 2.37. The molecular formula is C30H20N2. The maximum Gasteiger partial charge on any atom is 0.0548 e. The Kier molecular flexibility index (Phi) is 3.58. The van der Waals surface area contributed by atoms with Gasteiger partial charge in [-0.2, -0.15) is 0 Å². The predicted molar refractivity (Wildman–Crippen MR) is 136 cm³/mol. The summed E-state index contributed by atoms with van der Waals surface area (Å²) in [6, 6.07) is 41.3. The highest BCUT2D eigenvalue weighted by Gasteiger charge is 2.15. The molecule has 0 aliphatic rings. The van der Waals surface area contributed by atoms with Crippen molar-refractivity contribution in [2.75, 3.05) is 0 Å². The van der Waals surface area contributed by atoms with Gasteiger partial charge in [0.2, 0.25) is 0 Å². The maximum atomic E-state index is 3.61. The van der Waals surface area contributed by atoms with Crippen molar-refractivity contribution in [3.8, 4) is 16.8 Å². The summed E-state index contributed by atoms with van der Waals surface area (Å²) in [5.74, 6) is 0. The average Bonchev–Trinajstić information content (AvgIpc) is 3.38. The Labute approximate surface area is 185 Å². The Balaban J connectivity index is 1.58. The Hall–Kier alpha value is -4.30. The fourth-order valence-corrected chi connectivity index (χ4v) is 5.05. The smallest absolute Gasteiger partial charge is 0.0548 e. The standard InChI is InChI=1S/C30H20N2/c1-2-9-20(10-3-1)21-11-8-12-22(17-21)32-29-16-7-5-14-24(29)26-18-28-25(19-30(26)32)23-13-4-6-15-27(23)31-28/h1-19,31H. The summed E-state index contributed by atoms with van der Waals surface area (Å²) in [6.45, 7) is 0. The Morgan fingerprint density at radius 2 is 1.19 bits per heavy atom. The van der Waals surface area contributed by atoms with Gasteiger partial charge in [0.15, 0.2) is 0 Å². The van der Waals surface area contributed by atoms with Crippen LogP contribution in [0.2, 0.25) is 0 Å². The largest absolute Gasteiger partial charge is 0.354 e. The van der Waals surface area contributed by atoms with Crippen molar-refractivity contribution in [2.45, 2.75) is 0 Å². The first-order valence-corrected chi connectivity index (χ1v) is 11.0. The minimum absolute atomic E-state index is 1.18. The molecule has 7 rings (SSSR count). The highest BCUT2D eigenvalue weighted by atomic mass is 15.0. The summed E-state index contributed by atoms with van der Waals surface area (Å²) >= 11 is 0. The molecule has 0 unspecified atom stereocenters. The van der Waals surface area contributed by atoms with E-state index in [2.05, 4.69) is 125 Å². The number of fused-ring (bicyclic) bond motifs is 6. The lowest BCUT2D eigenvalue weighted by molar-refractivity contribution is 1.18. The number of hydrogen-bond acceptors (Lipinski definition) is 0. The van der Waals surface area contributed by atoms with Gasteiger partial charge in [0.25, 0.3) is 0 Å². The van der Waals surface area contributed by atoms with Gasteiger partial charge in [-0.1, -0.05) is 78.9 Å². The molecule has 32 heavy (non-hydrogen) atoms. The number of hydrogen-bond donors (Lipinski definition) is 1. The highest BCUT2D eigenvalue weighted by molar-refractivity contribution is 6.18. The van der Waals surface area contributed by atoms with E-state index in [9.17, 15) is 0 Å². The SMILES string of the molecule is c1ccc(-c2cccc(-n3c4ccccc4c4cc5[nH]c6ccccc6c5cc43)c2)cc1. The predicted octanol–water partition coefficient (Wildman–Crippen LogP) is 8.09. The number of aromatic nitrogens is 2. The van der Waals surface area contributed by atoms with Crippen molar-refractivity contribution < 1.29 is 0 Å². The summed E-state index contributed by atoms with van der Waals surface area (Å²) in [7, 11) is 0. The van der Waals surface area contributed by atoms with Crippen LogP contribution in [0.3, 0.4) is 0 Å². The van der Waals surface area contributed by atoms with Crippen molar-refractivity contribution in [1.82, 2.24) is 9.55 Å². The van der Waals surface area contributed by atoms with E-state index >= 15 is 0 Å². The molecule has 0 fully saturated rings. The molecule has 0 bridgehead atoms. The molecule has 0 spiro atoms. The topological polar surface area (TPSA) is 20.7 Å². The summed E-state index contributed by atoms with van der Waals surface area (Å²) in [4.78, 5) is 3.61. The molecule has 5 aromatic carbocycles. The van der Waals surface area contributed by atoms with Gasteiger partial charge in [-0.3, -0.25) is 0 Å². The number of para-hydroxylation sites is 2. The second-order valence-electron chi connectivity index (χ2n) is 8.35. The van der Waals surface area contributed by atoms with E-state index in [1.165, 1.54) is 60.4 Å². The van der Waals surface area contributed by atoms with Gasteiger partial charge in [-0.15, -0.1) is 0 Å². The number of rotatable bonds is 2. The molecule has 2 nitrogen and oxygen atoms in total. The van der Waals surface area contributed by atoms with Crippen LogP contribution in [0.15, 0.2) is 115 Å². The van der Waals surface area contributed by atoms with Crippen molar-refractivity contribution >= 4 is 43.6 Å². The second kappa shape index (κ2) is 6.60. The molecular weight excluding hydrogens is 388 g/mol. The van der Waals surface area contributed by atoms with E-state index in [1.54, 1.807) is 0 Å². The Morgan fingerprint density at radius 1 is 0.438 bits per heavy atom. The number of nitrogens with zero attached hydrogens (tertiary/aromatic N) is 1. The zero-order valence-corrected chi connectivity index (χ0v) is 17.4. The Morgan fingerprint density at radius 3 is 2.09 bits per heavy atom. The molecule has 2 heterocycles. The second-order valence-corrected chi connectivity index (χ2v) is 8.35. The summed E-state index contributed by atoms with van der Waals surface area (Å²) in [5.41, 5.74) is 8.45. The van der Waals surface area contributed by atoms with Gasteiger partial charge in [-0.05, 0) is 47.5 Å². The van der Waals surface area contributed by atoms with Crippen LogP contribution in [-0.4, -0.2) is 9.55 Å². The van der Waals surface area contributed by atoms with E-state index in [0.29, 0.717) is 0 Å². The maximum absolute atomic E-state index is 3.61. The van der Waals surface area contributed by atoms with Crippen LogP contribution in [-0.2, 0) is 0 Å². The first-order valence-electron chi connectivity index (χ1n) is 11.0. The van der Waals surface area contributed by atoms with Crippen molar-refractivity contribution in [2.24, 2.45) is 0 Å². The quantitative estimate of drug-likeness (QED) is 0.298. The fraction of sp³-hybridized carbons (Fsp3) is 0. The monoisotopic (exact) mass is 408 g/mol. The summed E-state index contributed by atoms with van der Waals surface area (Å²) in [6.07, 6.45) is 0. The summed E-state index contributed by atoms with van der Waals surface area (Å²) < 4.78 is 2.40. The Bertz CT molecular complexity index is 1770. The molecule has 2 aromatic heterocycles. The van der Waals surface area contributed by atoms with Crippen LogP contribution in [0, 0.1) is 0 Å².